The Hall–Kier alpha value is -2.47. The molecule has 0 aliphatic carbocycles. The van der Waals surface area contributed by atoms with E-state index in [1.54, 1.807) is 6.07 Å². The first-order valence-electron chi connectivity index (χ1n) is 6.71. The van der Waals surface area contributed by atoms with Crippen molar-refractivity contribution in [1.82, 2.24) is 0 Å². The van der Waals surface area contributed by atoms with Crippen LogP contribution in [0.25, 0.3) is 0 Å². The zero-order chi connectivity index (χ0) is 14.2. The van der Waals surface area contributed by atoms with E-state index in [4.69, 9.17) is 15.7 Å². The molecule has 0 radical (unpaired) electrons. The van der Waals surface area contributed by atoms with Crippen LogP contribution in [0.1, 0.15) is 17.5 Å². The molecule has 0 fully saturated rings. The van der Waals surface area contributed by atoms with Crippen LogP contribution >= 0.6 is 0 Å². The number of aryl methyl sites for hydroxylation is 1. The van der Waals surface area contributed by atoms with E-state index < -0.39 is 0 Å². The smallest absolute Gasteiger partial charge is 0.119 e. The normalized spacial score (nSPS) is 9.95. The molecule has 102 valence electrons. The first kappa shape index (κ1) is 14.0. The molecule has 2 aromatic rings. The summed E-state index contributed by atoms with van der Waals surface area (Å²) in [6.07, 6.45) is 2.27. The predicted octanol–water partition coefficient (Wildman–Crippen LogP) is 3.35. The summed E-state index contributed by atoms with van der Waals surface area (Å²) in [5, 5.41) is 8.73. The molecule has 0 aliphatic heterocycles. The molecule has 0 heterocycles. The lowest BCUT2D eigenvalue weighted by molar-refractivity contribution is 0.311. The Labute approximate surface area is 119 Å². The van der Waals surface area contributed by atoms with E-state index >= 15 is 0 Å². The summed E-state index contributed by atoms with van der Waals surface area (Å²) >= 11 is 0. The zero-order valence-electron chi connectivity index (χ0n) is 11.4. The molecule has 3 nitrogen and oxygen atoms in total. The Morgan fingerprint density at radius 1 is 1.10 bits per heavy atom. The van der Waals surface area contributed by atoms with Crippen LogP contribution in [0.15, 0.2) is 48.5 Å². The molecule has 0 aromatic heterocycles. The molecule has 20 heavy (non-hydrogen) atoms. The summed E-state index contributed by atoms with van der Waals surface area (Å²) in [6.45, 7) is 0.658. The fourth-order valence-electron chi connectivity index (χ4n) is 2.02. The van der Waals surface area contributed by atoms with E-state index in [-0.39, 0.29) is 0 Å². The molecule has 0 spiro atoms. The quantitative estimate of drug-likeness (QED) is 0.644. The zero-order valence-corrected chi connectivity index (χ0v) is 11.4. The van der Waals surface area contributed by atoms with Crippen LogP contribution in [-0.4, -0.2) is 6.61 Å². The minimum Gasteiger partial charge on any atom is -0.494 e. The molecular formula is C17H18N2O. The Kier molecular flexibility index (Phi) is 5.02. The summed E-state index contributed by atoms with van der Waals surface area (Å²) in [6, 6.07) is 17.9. The van der Waals surface area contributed by atoms with Gasteiger partial charge in [-0.15, -0.1) is 0 Å². The van der Waals surface area contributed by atoms with Gasteiger partial charge in [0.1, 0.15) is 5.75 Å². The molecule has 2 N–H and O–H groups in total. The van der Waals surface area contributed by atoms with Gasteiger partial charge in [0.2, 0.25) is 0 Å². The van der Waals surface area contributed by atoms with E-state index in [9.17, 15) is 0 Å². The maximum atomic E-state index is 8.73. The van der Waals surface area contributed by atoms with Crippen molar-refractivity contribution in [2.45, 2.75) is 19.3 Å². The van der Waals surface area contributed by atoms with Gasteiger partial charge in [0.05, 0.1) is 19.1 Å². The van der Waals surface area contributed by atoms with Crippen molar-refractivity contribution in [2.24, 2.45) is 0 Å². The van der Waals surface area contributed by atoms with Gasteiger partial charge < -0.3 is 10.5 Å². The lowest BCUT2D eigenvalue weighted by Gasteiger charge is -2.09. The van der Waals surface area contributed by atoms with E-state index in [2.05, 4.69) is 18.2 Å². The lowest BCUT2D eigenvalue weighted by Crippen LogP contribution is -2.01. The highest BCUT2D eigenvalue weighted by Gasteiger charge is 2.02. The van der Waals surface area contributed by atoms with Crippen molar-refractivity contribution in [1.29, 1.82) is 5.26 Å². The van der Waals surface area contributed by atoms with Crippen molar-refractivity contribution in [3.05, 3.63) is 59.7 Å². The van der Waals surface area contributed by atoms with Gasteiger partial charge in [-0.1, -0.05) is 30.3 Å². The van der Waals surface area contributed by atoms with Crippen LogP contribution in [-0.2, 0) is 12.8 Å². The largest absolute Gasteiger partial charge is 0.494 e. The number of anilines is 1. The topological polar surface area (TPSA) is 59.0 Å². The van der Waals surface area contributed by atoms with Gasteiger partial charge >= 0.3 is 0 Å². The monoisotopic (exact) mass is 266 g/mol. The molecule has 0 amide bonds. The fraction of sp³-hybridized carbons (Fsp3) is 0.235. The van der Waals surface area contributed by atoms with Gasteiger partial charge in [-0.3, -0.25) is 0 Å². The third-order valence-corrected chi connectivity index (χ3v) is 3.11. The molecule has 0 saturated heterocycles. The number of hydrogen-bond acceptors (Lipinski definition) is 3. The Bertz CT molecular complexity index is 588. The Morgan fingerprint density at radius 3 is 2.65 bits per heavy atom. The van der Waals surface area contributed by atoms with Crippen molar-refractivity contribution in [3.63, 3.8) is 0 Å². The van der Waals surface area contributed by atoms with E-state index in [0.717, 1.165) is 24.2 Å². The third-order valence-electron chi connectivity index (χ3n) is 3.11. The summed E-state index contributed by atoms with van der Waals surface area (Å²) in [5.41, 5.74) is 8.59. The van der Waals surface area contributed by atoms with E-state index in [0.29, 0.717) is 18.7 Å². The summed E-state index contributed by atoms with van der Waals surface area (Å²) < 4.78 is 5.70. The summed E-state index contributed by atoms with van der Waals surface area (Å²) in [4.78, 5) is 0. The van der Waals surface area contributed by atoms with Crippen molar-refractivity contribution >= 4 is 5.69 Å². The Morgan fingerprint density at radius 2 is 1.90 bits per heavy atom. The number of rotatable bonds is 6. The van der Waals surface area contributed by atoms with Crippen molar-refractivity contribution in [2.75, 3.05) is 12.3 Å². The standard InChI is InChI=1S/C17H18N2O/c18-11-10-15-13-16(8-9-17(15)19)20-12-4-7-14-5-2-1-3-6-14/h1-3,5-6,8-9,13H,4,7,10,12,19H2. The number of nitriles is 1. The Balaban J connectivity index is 1.82. The van der Waals surface area contributed by atoms with Crippen LogP contribution in [0, 0.1) is 11.3 Å². The van der Waals surface area contributed by atoms with E-state index in [1.807, 2.05) is 30.3 Å². The maximum Gasteiger partial charge on any atom is 0.119 e. The SMILES string of the molecule is N#CCc1cc(OCCCc2ccccc2)ccc1N. The number of benzene rings is 2. The van der Waals surface area contributed by atoms with Crippen molar-refractivity contribution in [3.8, 4) is 11.8 Å². The molecule has 2 rings (SSSR count). The molecule has 0 saturated carbocycles. The van der Waals surface area contributed by atoms with Gasteiger partial charge in [0.25, 0.3) is 0 Å². The second-order valence-corrected chi connectivity index (χ2v) is 4.63. The van der Waals surface area contributed by atoms with Crippen LogP contribution in [0.2, 0.25) is 0 Å². The van der Waals surface area contributed by atoms with Gasteiger partial charge in [-0.25, -0.2) is 0 Å². The first-order chi connectivity index (χ1) is 9.79. The molecule has 0 unspecified atom stereocenters. The van der Waals surface area contributed by atoms with Crippen LogP contribution < -0.4 is 10.5 Å². The van der Waals surface area contributed by atoms with Crippen LogP contribution in [0.3, 0.4) is 0 Å². The number of nitrogens with zero attached hydrogens (tertiary/aromatic N) is 1. The minimum absolute atomic E-state index is 0.313. The number of hydrogen-bond donors (Lipinski definition) is 1. The van der Waals surface area contributed by atoms with Crippen molar-refractivity contribution < 1.29 is 4.74 Å². The number of nitrogen functional groups attached to an aromatic ring is 1. The van der Waals surface area contributed by atoms with Gasteiger partial charge in [0, 0.05) is 5.69 Å². The minimum atomic E-state index is 0.313. The van der Waals surface area contributed by atoms with E-state index in [1.165, 1.54) is 5.56 Å². The second kappa shape index (κ2) is 7.20. The first-order valence-corrected chi connectivity index (χ1v) is 6.71. The molecular weight excluding hydrogens is 248 g/mol. The highest BCUT2D eigenvalue weighted by Crippen LogP contribution is 2.20. The highest BCUT2D eigenvalue weighted by atomic mass is 16.5. The highest BCUT2D eigenvalue weighted by molar-refractivity contribution is 5.51. The van der Waals surface area contributed by atoms with Gasteiger partial charge in [0.15, 0.2) is 0 Å². The summed E-state index contributed by atoms with van der Waals surface area (Å²) in [7, 11) is 0. The average Bonchev–Trinajstić information content (AvgIpc) is 2.48. The maximum absolute atomic E-state index is 8.73. The fourth-order valence-corrected chi connectivity index (χ4v) is 2.02. The molecule has 0 bridgehead atoms. The lowest BCUT2D eigenvalue weighted by atomic mass is 10.1. The second-order valence-electron chi connectivity index (χ2n) is 4.63. The van der Waals surface area contributed by atoms with Gasteiger partial charge in [-0.05, 0) is 42.2 Å². The average molecular weight is 266 g/mol. The van der Waals surface area contributed by atoms with Gasteiger partial charge in [-0.2, -0.15) is 5.26 Å². The summed E-state index contributed by atoms with van der Waals surface area (Å²) in [5.74, 6) is 0.775. The predicted molar refractivity (Wildman–Crippen MR) is 80.4 cm³/mol. The van der Waals surface area contributed by atoms with Crippen LogP contribution in [0.4, 0.5) is 5.69 Å². The third kappa shape index (κ3) is 4.03. The number of nitrogens with two attached hydrogens (primary N) is 1. The molecule has 2 aromatic carbocycles. The van der Waals surface area contributed by atoms with Crippen LogP contribution in [0.5, 0.6) is 5.75 Å². The number of ether oxygens (including phenoxy) is 1. The molecule has 0 atom stereocenters. The molecule has 0 aliphatic rings. The molecule has 3 heteroatoms.